The number of benzene rings is 2. The van der Waals surface area contributed by atoms with E-state index in [9.17, 15) is 26.3 Å². The van der Waals surface area contributed by atoms with E-state index in [4.69, 9.17) is 0 Å². The van der Waals surface area contributed by atoms with Crippen molar-refractivity contribution in [3.05, 3.63) is 58.7 Å². The molecule has 0 unspecified atom stereocenters. The van der Waals surface area contributed by atoms with Gasteiger partial charge in [0.2, 0.25) is 11.7 Å². The molecule has 2 N–H and O–H groups in total. The SMILES string of the molecule is CCCc1cccc(CCC)c1/N=C(/NCCCCCN/C(=N/c1c(CCC)cccc1CCC)C(F)(F)F)C(F)(F)F. The normalized spacial score (nSPS) is 13.0. The predicted molar refractivity (Wildman–Crippen MR) is 165 cm³/mol. The second-order valence-corrected chi connectivity index (χ2v) is 10.7. The van der Waals surface area contributed by atoms with Gasteiger partial charge in [-0.2, -0.15) is 26.3 Å². The number of para-hydroxylation sites is 2. The summed E-state index contributed by atoms with van der Waals surface area (Å²) in [6.45, 7) is 7.88. The van der Waals surface area contributed by atoms with E-state index in [0.29, 0.717) is 56.3 Å². The maximum atomic E-state index is 13.9. The number of alkyl halides is 6. The van der Waals surface area contributed by atoms with E-state index in [1.165, 1.54) is 0 Å². The first-order valence-electron chi connectivity index (χ1n) is 15.5. The third-order valence-corrected chi connectivity index (χ3v) is 6.91. The summed E-state index contributed by atoms with van der Waals surface area (Å²) < 4.78 is 83.3. The van der Waals surface area contributed by atoms with E-state index in [0.717, 1.165) is 47.9 Å². The summed E-state index contributed by atoms with van der Waals surface area (Å²) >= 11 is 0. The fraction of sp³-hybridized carbons (Fsp3) is 0.576. The summed E-state index contributed by atoms with van der Waals surface area (Å²) in [6, 6.07) is 11.0. The van der Waals surface area contributed by atoms with E-state index in [2.05, 4.69) is 20.6 Å². The topological polar surface area (TPSA) is 48.8 Å². The molecule has 0 aliphatic rings. The van der Waals surface area contributed by atoms with Crippen LogP contribution >= 0.6 is 0 Å². The Hall–Kier alpha value is -3.04. The number of unbranched alkanes of at least 4 members (excludes halogenated alkanes) is 2. The highest BCUT2D eigenvalue weighted by Crippen LogP contribution is 2.31. The molecule has 0 amide bonds. The van der Waals surface area contributed by atoms with Gasteiger partial charge in [-0.1, -0.05) is 89.8 Å². The molecule has 43 heavy (non-hydrogen) atoms. The molecule has 0 atom stereocenters. The van der Waals surface area contributed by atoms with Crippen LogP contribution < -0.4 is 10.6 Å². The highest BCUT2D eigenvalue weighted by atomic mass is 19.4. The van der Waals surface area contributed by atoms with Crippen LogP contribution in [-0.2, 0) is 25.7 Å². The van der Waals surface area contributed by atoms with Gasteiger partial charge in [0.15, 0.2) is 0 Å². The van der Waals surface area contributed by atoms with Gasteiger partial charge in [-0.05, 0) is 67.2 Å². The van der Waals surface area contributed by atoms with Crippen LogP contribution in [0.5, 0.6) is 0 Å². The van der Waals surface area contributed by atoms with Crippen LogP contribution in [0.15, 0.2) is 46.4 Å². The monoisotopic (exact) mass is 612 g/mol. The zero-order chi connectivity index (χ0) is 31.9. The summed E-state index contributed by atoms with van der Waals surface area (Å²) in [5, 5.41) is 4.88. The van der Waals surface area contributed by atoms with Gasteiger partial charge in [-0.25, -0.2) is 9.98 Å². The smallest absolute Gasteiger partial charge is 0.366 e. The Bertz CT molecular complexity index is 1040. The average molecular weight is 613 g/mol. The van der Waals surface area contributed by atoms with Crippen molar-refractivity contribution in [2.24, 2.45) is 9.98 Å². The van der Waals surface area contributed by atoms with Gasteiger partial charge in [-0.15, -0.1) is 0 Å². The third kappa shape index (κ3) is 11.9. The Morgan fingerprint density at radius 1 is 0.535 bits per heavy atom. The predicted octanol–water partition coefficient (Wildman–Crippen LogP) is 9.73. The maximum Gasteiger partial charge on any atom is 0.449 e. The highest BCUT2D eigenvalue weighted by molar-refractivity contribution is 5.91. The van der Waals surface area contributed by atoms with Crippen molar-refractivity contribution >= 4 is 23.0 Å². The van der Waals surface area contributed by atoms with Crippen LogP contribution in [-0.4, -0.2) is 37.1 Å². The Labute approximate surface area is 252 Å². The van der Waals surface area contributed by atoms with Crippen molar-refractivity contribution < 1.29 is 26.3 Å². The Morgan fingerprint density at radius 2 is 0.837 bits per heavy atom. The Balaban J connectivity index is 2.06. The fourth-order valence-corrected chi connectivity index (χ4v) is 4.93. The molecule has 2 aromatic rings. The van der Waals surface area contributed by atoms with E-state index < -0.39 is 24.0 Å². The average Bonchev–Trinajstić information content (AvgIpc) is 2.93. The first-order chi connectivity index (χ1) is 20.5. The zero-order valence-electron chi connectivity index (χ0n) is 25.8. The lowest BCUT2D eigenvalue weighted by Gasteiger charge is -2.17. The number of amidine groups is 2. The van der Waals surface area contributed by atoms with Crippen molar-refractivity contribution in [3.8, 4) is 0 Å². The van der Waals surface area contributed by atoms with Crippen molar-refractivity contribution in [2.75, 3.05) is 13.1 Å². The Kier molecular flexibility index (Phi) is 15.1. The van der Waals surface area contributed by atoms with Crippen LogP contribution in [0.4, 0.5) is 37.7 Å². The van der Waals surface area contributed by atoms with E-state index in [1.54, 1.807) is 0 Å². The zero-order valence-corrected chi connectivity index (χ0v) is 25.8. The molecule has 0 radical (unpaired) electrons. The number of aliphatic imine (C=N–C) groups is 2. The molecular formula is C33H46F6N4. The number of nitrogens with zero attached hydrogens (tertiary/aromatic N) is 2. The molecule has 4 nitrogen and oxygen atoms in total. The quantitative estimate of drug-likeness (QED) is 0.0858. The number of halogens is 6. The van der Waals surface area contributed by atoms with Gasteiger partial charge in [0.25, 0.3) is 0 Å². The second-order valence-electron chi connectivity index (χ2n) is 10.7. The van der Waals surface area contributed by atoms with Crippen molar-refractivity contribution in [2.45, 2.75) is 111 Å². The van der Waals surface area contributed by atoms with Crippen molar-refractivity contribution in [1.82, 2.24) is 10.6 Å². The van der Waals surface area contributed by atoms with Crippen LogP contribution in [0.2, 0.25) is 0 Å². The molecule has 0 aliphatic carbocycles. The summed E-state index contributed by atoms with van der Waals surface area (Å²) in [5.41, 5.74) is 3.87. The molecule has 2 rings (SSSR count). The van der Waals surface area contributed by atoms with E-state index in [1.807, 2.05) is 64.1 Å². The van der Waals surface area contributed by atoms with E-state index >= 15 is 0 Å². The number of nitrogens with one attached hydrogen (secondary N) is 2. The van der Waals surface area contributed by atoms with Crippen LogP contribution in [0.1, 0.15) is 94.9 Å². The summed E-state index contributed by atoms with van der Waals surface area (Å²) in [4.78, 5) is 8.12. The maximum absolute atomic E-state index is 13.9. The van der Waals surface area contributed by atoms with Gasteiger partial charge in [-0.3, -0.25) is 0 Å². The Morgan fingerprint density at radius 3 is 1.09 bits per heavy atom. The molecule has 10 heteroatoms. The van der Waals surface area contributed by atoms with Crippen LogP contribution in [0.3, 0.4) is 0 Å². The lowest BCUT2D eigenvalue weighted by Crippen LogP contribution is -2.38. The van der Waals surface area contributed by atoms with Gasteiger partial charge in [0.05, 0.1) is 11.4 Å². The lowest BCUT2D eigenvalue weighted by molar-refractivity contribution is -0.0625. The molecular weight excluding hydrogens is 566 g/mol. The highest BCUT2D eigenvalue weighted by Gasteiger charge is 2.37. The van der Waals surface area contributed by atoms with Gasteiger partial charge < -0.3 is 10.6 Å². The molecule has 240 valence electrons. The minimum Gasteiger partial charge on any atom is -0.366 e. The molecule has 0 saturated carbocycles. The molecule has 0 aromatic heterocycles. The minimum atomic E-state index is -4.66. The van der Waals surface area contributed by atoms with E-state index in [-0.39, 0.29) is 13.1 Å². The molecule has 0 spiro atoms. The number of hydrogen-bond donors (Lipinski definition) is 2. The minimum absolute atomic E-state index is 0.00237. The van der Waals surface area contributed by atoms with Gasteiger partial charge in [0, 0.05) is 13.1 Å². The van der Waals surface area contributed by atoms with Crippen molar-refractivity contribution in [3.63, 3.8) is 0 Å². The fourth-order valence-electron chi connectivity index (χ4n) is 4.93. The summed E-state index contributed by atoms with van der Waals surface area (Å²) in [7, 11) is 0. The van der Waals surface area contributed by atoms with Gasteiger partial charge >= 0.3 is 12.4 Å². The summed E-state index contributed by atoms with van der Waals surface area (Å²) in [5.74, 6) is -2.10. The molecule has 0 heterocycles. The largest absolute Gasteiger partial charge is 0.449 e. The van der Waals surface area contributed by atoms with Gasteiger partial charge in [0.1, 0.15) is 0 Å². The standard InChI is InChI=1S/C33H46F6N4/c1-5-14-24-18-12-19-25(15-6-2)28(24)42-30(32(34,35)36)40-22-10-9-11-23-41-31(33(37,38)39)43-29-26(16-7-3)20-13-21-27(29)17-8-4/h12-13,18-21H,5-11,14-17,22-23H2,1-4H3,(H,40,42)(H,41,43). The van der Waals surface area contributed by atoms with Crippen LogP contribution in [0.25, 0.3) is 0 Å². The molecule has 2 aromatic carbocycles. The molecule has 0 aliphatic heterocycles. The third-order valence-electron chi connectivity index (χ3n) is 6.91. The molecule has 0 saturated heterocycles. The summed E-state index contributed by atoms with van der Waals surface area (Å²) in [6.07, 6.45) is -2.56. The van der Waals surface area contributed by atoms with Crippen LogP contribution in [0, 0.1) is 0 Å². The molecule has 0 bridgehead atoms. The second kappa shape index (κ2) is 17.9. The lowest BCUT2D eigenvalue weighted by atomic mass is 10.0. The first-order valence-corrected chi connectivity index (χ1v) is 15.5. The number of hydrogen-bond acceptors (Lipinski definition) is 2. The van der Waals surface area contributed by atoms with Crippen molar-refractivity contribution in [1.29, 1.82) is 0 Å². The number of rotatable bonds is 16. The molecule has 0 fully saturated rings. The first kappa shape index (κ1) is 36.2. The number of aryl methyl sites for hydroxylation is 4.